The summed E-state index contributed by atoms with van der Waals surface area (Å²) in [6, 6.07) is 2.02. The van der Waals surface area contributed by atoms with E-state index in [2.05, 4.69) is 6.58 Å². The summed E-state index contributed by atoms with van der Waals surface area (Å²) in [5.41, 5.74) is 0. The molecule has 0 spiro atoms. The van der Waals surface area contributed by atoms with E-state index in [1.807, 2.05) is 19.9 Å². The van der Waals surface area contributed by atoms with E-state index in [1.165, 1.54) is 6.26 Å². The molecule has 2 atom stereocenters. The standard InChI is InChI=1S/C11H19NO3/c1-4-13-8-10(2)15-9-11(3)14-7-5-6-12/h4,10-11H,1,5,7-9H2,2-3H3. The average Bonchev–Trinajstić information content (AvgIpc) is 2.24. The highest BCUT2D eigenvalue weighted by atomic mass is 16.6. The van der Waals surface area contributed by atoms with Gasteiger partial charge in [-0.3, -0.25) is 0 Å². The lowest BCUT2D eigenvalue weighted by molar-refractivity contribution is -0.0457. The summed E-state index contributed by atoms with van der Waals surface area (Å²) < 4.78 is 15.8. The maximum absolute atomic E-state index is 8.31. The normalized spacial score (nSPS) is 13.9. The molecule has 0 aromatic heterocycles. The Morgan fingerprint density at radius 3 is 2.53 bits per heavy atom. The van der Waals surface area contributed by atoms with E-state index in [4.69, 9.17) is 19.5 Å². The second kappa shape index (κ2) is 9.50. The first-order chi connectivity index (χ1) is 7.20. The van der Waals surface area contributed by atoms with Crippen molar-refractivity contribution in [3.05, 3.63) is 12.8 Å². The highest BCUT2D eigenvalue weighted by molar-refractivity contribution is 4.67. The van der Waals surface area contributed by atoms with Gasteiger partial charge in [0.05, 0.1) is 44.2 Å². The molecular formula is C11H19NO3. The highest BCUT2D eigenvalue weighted by Gasteiger charge is 2.06. The minimum atomic E-state index is 0.00420. The van der Waals surface area contributed by atoms with Gasteiger partial charge in [0.2, 0.25) is 0 Å². The van der Waals surface area contributed by atoms with E-state index in [0.29, 0.717) is 26.2 Å². The molecule has 2 unspecified atom stereocenters. The average molecular weight is 213 g/mol. The van der Waals surface area contributed by atoms with Gasteiger partial charge in [0.1, 0.15) is 6.61 Å². The summed E-state index contributed by atoms with van der Waals surface area (Å²) in [6.45, 7) is 8.74. The third-order valence-corrected chi connectivity index (χ3v) is 1.68. The molecule has 86 valence electrons. The Hall–Kier alpha value is -1.05. The molecule has 4 nitrogen and oxygen atoms in total. The lowest BCUT2D eigenvalue weighted by Crippen LogP contribution is -2.23. The summed E-state index contributed by atoms with van der Waals surface area (Å²) in [5.74, 6) is 0. The molecule has 0 saturated carbocycles. The van der Waals surface area contributed by atoms with E-state index in [0.717, 1.165) is 0 Å². The topological polar surface area (TPSA) is 51.5 Å². The van der Waals surface area contributed by atoms with Crippen LogP contribution in [0.15, 0.2) is 12.8 Å². The third kappa shape index (κ3) is 9.26. The van der Waals surface area contributed by atoms with Crippen LogP contribution in [0.3, 0.4) is 0 Å². The van der Waals surface area contributed by atoms with Crippen molar-refractivity contribution in [1.29, 1.82) is 5.26 Å². The molecule has 0 heterocycles. The van der Waals surface area contributed by atoms with E-state index < -0.39 is 0 Å². The minimum absolute atomic E-state index is 0.00420. The Balaban J connectivity index is 3.40. The number of hydrogen-bond donors (Lipinski definition) is 0. The van der Waals surface area contributed by atoms with Gasteiger partial charge in [-0.25, -0.2) is 0 Å². The monoisotopic (exact) mass is 213 g/mol. The zero-order chi connectivity index (χ0) is 11.5. The summed E-state index contributed by atoms with van der Waals surface area (Å²) in [7, 11) is 0. The first kappa shape index (κ1) is 13.9. The quantitative estimate of drug-likeness (QED) is 0.433. The van der Waals surface area contributed by atoms with Gasteiger partial charge in [0.25, 0.3) is 0 Å². The summed E-state index contributed by atoms with van der Waals surface area (Å²) in [4.78, 5) is 0. The van der Waals surface area contributed by atoms with Crippen LogP contribution in [0, 0.1) is 11.3 Å². The van der Waals surface area contributed by atoms with Crippen molar-refractivity contribution >= 4 is 0 Å². The van der Waals surface area contributed by atoms with Crippen molar-refractivity contribution in [2.75, 3.05) is 19.8 Å². The molecule has 0 aliphatic rings. The summed E-state index contributed by atoms with van der Waals surface area (Å²) >= 11 is 0. The number of hydrogen-bond acceptors (Lipinski definition) is 4. The number of ether oxygens (including phenoxy) is 3. The van der Waals surface area contributed by atoms with Gasteiger partial charge in [-0.2, -0.15) is 5.26 Å². The fraction of sp³-hybridized carbons (Fsp3) is 0.727. The number of rotatable bonds is 9. The van der Waals surface area contributed by atoms with Crippen molar-refractivity contribution < 1.29 is 14.2 Å². The van der Waals surface area contributed by atoms with Crippen molar-refractivity contribution in [2.24, 2.45) is 0 Å². The molecule has 0 aliphatic carbocycles. The largest absolute Gasteiger partial charge is 0.499 e. The van der Waals surface area contributed by atoms with Crippen LogP contribution in [0.4, 0.5) is 0 Å². The van der Waals surface area contributed by atoms with Gasteiger partial charge < -0.3 is 14.2 Å². The Bertz CT molecular complexity index is 200. The van der Waals surface area contributed by atoms with Crippen LogP contribution in [0.2, 0.25) is 0 Å². The van der Waals surface area contributed by atoms with Crippen LogP contribution in [0.25, 0.3) is 0 Å². The maximum atomic E-state index is 8.31. The van der Waals surface area contributed by atoms with Crippen molar-refractivity contribution in [3.8, 4) is 6.07 Å². The summed E-state index contributed by atoms with van der Waals surface area (Å²) in [5, 5.41) is 8.31. The fourth-order valence-electron chi connectivity index (χ4n) is 0.905. The van der Waals surface area contributed by atoms with E-state index in [9.17, 15) is 0 Å². The fourth-order valence-corrected chi connectivity index (χ4v) is 0.905. The molecule has 0 rings (SSSR count). The summed E-state index contributed by atoms with van der Waals surface area (Å²) in [6.07, 6.45) is 1.83. The Morgan fingerprint density at radius 1 is 1.27 bits per heavy atom. The Kier molecular flexibility index (Phi) is 8.84. The number of nitriles is 1. The van der Waals surface area contributed by atoms with Gasteiger partial charge in [-0.15, -0.1) is 0 Å². The molecule has 0 bridgehead atoms. The molecule has 0 amide bonds. The Labute approximate surface area is 91.4 Å². The maximum Gasteiger partial charge on any atom is 0.113 e. The van der Waals surface area contributed by atoms with Gasteiger partial charge >= 0.3 is 0 Å². The molecule has 0 saturated heterocycles. The molecule has 0 aliphatic heterocycles. The van der Waals surface area contributed by atoms with Crippen LogP contribution >= 0.6 is 0 Å². The highest BCUT2D eigenvalue weighted by Crippen LogP contribution is 1.98. The van der Waals surface area contributed by atoms with Crippen molar-refractivity contribution in [1.82, 2.24) is 0 Å². The molecule has 0 N–H and O–H groups in total. The molecular weight excluding hydrogens is 194 g/mol. The van der Waals surface area contributed by atoms with Gasteiger partial charge in [0.15, 0.2) is 0 Å². The van der Waals surface area contributed by atoms with Gasteiger partial charge in [0, 0.05) is 0 Å². The van der Waals surface area contributed by atoms with Crippen LogP contribution < -0.4 is 0 Å². The minimum Gasteiger partial charge on any atom is -0.499 e. The first-order valence-electron chi connectivity index (χ1n) is 5.03. The predicted octanol–water partition coefficient (Wildman–Crippen LogP) is 1.87. The molecule has 0 aromatic carbocycles. The van der Waals surface area contributed by atoms with Gasteiger partial charge in [-0.1, -0.05) is 6.58 Å². The van der Waals surface area contributed by atoms with Crippen LogP contribution in [-0.4, -0.2) is 32.0 Å². The van der Waals surface area contributed by atoms with Crippen molar-refractivity contribution in [3.63, 3.8) is 0 Å². The van der Waals surface area contributed by atoms with E-state index in [-0.39, 0.29) is 12.2 Å². The molecule has 0 radical (unpaired) electrons. The SMILES string of the molecule is C=COCC(C)OCC(C)OCCC#N. The molecule has 0 aromatic rings. The van der Waals surface area contributed by atoms with Crippen molar-refractivity contribution in [2.45, 2.75) is 32.5 Å². The van der Waals surface area contributed by atoms with Crippen LogP contribution in [0.5, 0.6) is 0 Å². The van der Waals surface area contributed by atoms with Crippen LogP contribution in [0.1, 0.15) is 20.3 Å². The third-order valence-electron chi connectivity index (χ3n) is 1.68. The second-order valence-corrected chi connectivity index (χ2v) is 3.23. The molecule has 0 fully saturated rings. The zero-order valence-corrected chi connectivity index (χ0v) is 9.44. The zero-order valence-electron chi connectivity index (χ0n) is 9.44. The lowest BCUT2D eigenvalue weighted by atomic mass is 10.4. The molecule has 15 heavy (non-hydrogen) atoms. The molecule has 4 heteroatoms. The van der Waals surface area contributed by atoms with Crippen LogP contribution in [-0.2, 0) is 14.2 Å². The van der Waals surface area contributed by atoms with E-state index >= 15 is 0 Å². The van der Waals surface area contributed by atoms with Gasteiger partial charge in [-0.05, 0) is 13.8 Å². The number of nitrogens with zero attached hydrogens (tertiary/aromatic N) is 1. The Morgan fingerprint density at radius 2 is 1.93 bits per heavy atom. The lowest BCUT2D eigenvalue weighted by Gasteiger charge is -2.16. The van der Waals surface area contributed by atoms with E-state index in [1.54, 1.807) is 0 Å². The first-order valence-corrected chi connectivity index (χ1v) is 5.03. The smallest absolute Gasteiger partial charge is 0.113 e. The second-order valence-electron chi connectivity index (χ2n) is 3.23. The predicted molar refractivity (Wildman–Crippen MR) is 57.2 cm³/mol.